The number of hydrogen-bond acceptors (Lipinski definition) is 3. The molecule has 4 nitrogen and oxygen atoms in total. The minimum atomic E-state index is -0.252. The fraction of sp³-hybridized carbons (Fsp3) is 0.467. The summed E-state index contributed by atoms with van der Waals surface area (Å²) in [5.41, 5.74) is 0.442. The summed E-state index contributed by atoms with van der Waals surface area (Å²) in [6.07, 6.45) is 1.53. The summed E-state index contributed by atoms with van der Waals surface area (Å²) in [4.78, 5) is 26.0. The van der Waals surface area contributed by atoms with E-state index in [-0.39, 0.29) is 17.8 Å². The highest BCUT2D eigenvalue weighted by atomic mass is 35.5. The fourth-order valence-electron chi connectivity index (χ4n) is 2.47. The number of halogens is 2. The molecule has 0 unspecified atom stereocenters. The Balaban J connectivity index is 2.10. The Hall–Kier alpha value is -1.26. The maximum absolute atomic E-state index is 12.5. The molecule has 0 spiro atoms. The van der Waals surface area contributed by atoms with E-state index >= 15 is 0 Å². The van der Waals surface area contributed by atoms with Gasteiger partial charge in [0.25, 0.3) is 5.91 Å². The Morgan fingerprint density at radius 2 is 1.95 bits per heavy atom. The first-order valence-electron chi connectivity index (χ1n) is 6.93. The Kier molecular flexibility index (Phi) is 5.48. The van der Waals surface area contributed by atoms with Crippen LogP contribution >= 0.6 is 23.2 Å². The van der Waals surface area contributed by atoms with Crippen molar-refractivity contribution in [3.05, 3.63) is 33.8 Å². The molecule has 0 aliphatic carbocycles. The number of amides is 1. The van der Waals surface area contributed by atoms with Gasteiger partial charge < -0.3 is 9.64 Å². The molecule has 6 heteroatoms. The molecule has 0 aromatic heterocycles. The average Bonchev–Trinajstić information content (AvgIpc) is 2.46. The minimum Gasteiger partial charge on any atom is -0.466 e. The first-order chi connectivity index (χ1) is 10.0. The van der Waals surface area contributed by atoms with Crippen molar-refractivity contribution in [1.29, 1.82) is 0 Å². The van der Waals surface area contributed by atoms with E-state index in [9.17, 15) is 9.59 Å². The van der Waals surface area contributed by atoms with Crippen LogP contribution in [0.2, 0.25) is 10.0 Å². The normalized spacial score (nSPS) is 18.4. The topological polar surface area (TPSA) is 46.6 Å². The largest absolute Gasteiger partial charge is 0.466 e. The monoisotopic (exact) mass is 329 g/mol. The Labute approximate surface area is 134 Å². The molecule has 1 aromatic carbocycles. The molecule has 1 saturated heterocycles. The van der Waals surface area contributed by atoms with Crippen LogP contribution in [-0.2, 0) is 9.53 Å². The average molecular weight is 330 g/mol. The van der Waals surface area contributed by atoms with Gasteiger partial charge in [0.15, 0.2) is 0 Å². The predicted octanol–water partition coefficient (Wildman–Crippen LogP) is 3.41. The number of benzene rings is 1. The molecule has 0 bridgehead atoms. The number of piperidine rings is 1. The second-order valence-electron chi connectivity index (χ2n) is 5.00. The van der Waals surface area contributed by atoms with Gasteiger partial charge in [-0.25, -0.2) is 0 Å². The summed E-state index contributed by atoms with van der Waals surface area (Å²) >= 11 is 11.8. The van der Waals surface area contributed by atoms with Crippen LogP contribution in [0, 0.1) is 5.92 Å². The van der Waals surface area contributed by atoms with Gasteiger partial charge in [0, 0.05) is 28.7 Å². The number of nitrogens with zero attached hydrogens (tertiary/aromatic N) is 1. The van der Waals surface area contributed by atoms with Crippen molar-refractivity contribution in [3.63, 3.8) is 0 Å². The van der Waals surface area contributed by atoms with Gasteiger partial charge in [0.05, 0.1) is 12.5 Å². The van der Waals surface area contributed by atoms with Crippen LogP contribution in [-0.4, -0.2) is 36.5 Å². The molecule has 21 heavy (non-hydrogen) atoms. The summed E-state index contributed by atoms with van der Waals surface area (Å²) in [7, 11) is 0. The molecule has 1 aliphatic rings. The van der Waals surface area contributed by atoms with Crippen LogP contribution in [0.25, 0.3) is 0 Å². The molecule has 1 atom stereocenters. The number of hydrogen-bond donors (Lipinski definition) is 0. The van der Waals surface area contributed by atoms with Gasteiger partial charge in [0.1, 0.15) is 0 Å². The quantitative estimate of drug-likeness (QED) is 0.798. The van der Waals surface area contributed by atoms with E-state index in [0.29, 0.717) is 35.3 Å². The second-order valence-corrected chi connectivity index (χ2v) is 5.87. The lowest BCUT2D eigenvalue weighted by Crippen LogP contribution is -2.42. The Bertz CT molecular complexity index is 527. The highest BCUT2D eigenvalue weighted by Gasteiger charge is 2.29. The van der Waals surface area contributed by atoms with Gasteiger partial charge in [0.2, 0.25) is 0 Å². The number of carbonyl (C=O) groups is 2. The highest BCUT2D eigenvalue weighted by molar-refractivity contribution is 6.35. The first-order valence-corrected chi connectivity index (χ1v) is 7.69. The molecule has 0 N–H and O–H groups in total. The molecule has 1 aromatic rings. The van der Waals surface area contributed by atoms with Crippen molar-refractivity contribution < 1.29 is 14.3 Å². The van der Waals surface area contributed by atoms with Crippen molar-refractivity contribution in [2.45, 2.75) is 19.8 Å². The standard InChI is InChI=1S/C15H17Cl2NO3/c1-2-21-15(20)10-4-3-5-18(9-10)14(19)11-6-12(16)8-13(17)7-11/h6-8,10H,2-5,9H2,1H3/t10-/m1/s1. The Morgan fingerprint density at radius 1 is 1.29 bits per heavy atom. The SMILES string of the molecule is CCOC(=O)[C@@H]1CCCN(C(=O)c2cc(Cl)cc(Cl)c2)C1. The van der Waals surface area contributed by atoms with Crippen molar-refractivity contribution in [2.75, 3.05) is 19.7 Å². The molecule has 1 heterocycles. The molecule has 1 aliphatic heterocycles. The molecule has 1 amide bonds. The second kappa shape index (κ2) is 7.14. The van der Waals surface area contributed by atoms with Crippen molar-refractivity contribution in [2.24, 2.45) is 5.92 Å². The summed E-state index contributed by atoms with van der Waals surface area (Å²) in [5.74, 6) is -0.648. The zero-order chi connectivity index (χ0) is 15.4. The Morgan fingerprint density at radius 3 is 2.57 bits per heavy atom. The number of likely N-dealkylation sites (tertiary alicyclic amines) is 1. The van der Waals surface area contributed by atoms with Gasteiger partial charge in [-0.15, -0.1) is 0 Å². The third-order valence-corrected chi connectivity index (χ3v) is 3.87. The molecular weight excluding hydrogens is 313 g/mol. The number of ether oxygens (including phenoxy) is 1. The molecule has 0 saturated carbocycles. The van der Waals surface area contributed by atoms with Gasteiger partial charge >= 0.3 is 5.97 Å². The van der Waals surface area contributed by atoms with E-state index in [1.807, 2.05) is 0 Å². The number of rotatable bonds is 3. The van der Waals surface area contributed by atoms with Crippen molar-refractivity contribution in [1.82, 2.24) is 4.90 Å². The van der Waals surface area contributed by atoms with E-state index in [2.05, 4.69) is 0 Å². The van der Waals surface area contributed by atoms with Gasteiger partial charge in [-0.05, 0) is 38.0 Å². The first kappa shape index (κ1) is 16.1. The van der Waals surface area contributed by atoms with Crippen LogP contribution in [0.1, 0.15) is 30.1 Å². The van der Waals surface area contributed by atoms with E-state index in [0.717, 1.165) is 12.8 Å². The molecule has 2 rings (SSSR count). The lowest BCUT2D eigenvalue weighted by atomic mass is 9.97. The smallest absolute Gasteiger partial charge is 0.310 e. The fourth-order valence-corrected chi connectivity index (χ4v) is 3.00. The summed E-state index contributed by atoms with van der Waals surface area (Å²) < 4.78 is 5.03. The predicted molar refractivity (Wildman–Crippen MR) is 81.7 cm³/mol. The zero-order valence-corrected chi connectivity index (χ0v) is 13.3. The summed E-state index contributed by atoms with van der Waals surface area (Å²) in [5, 5.41) is 0.842. The lowest BCUT2D eigenvalue weighted by molar-refractivity contribution is -0.149. The molecular formula is C15H17Cl2NO3. The van der Waals surface area contributed by atoms with Crippen LogP contribution in [0.5, 0.6) is 0 Å². The summed E-state index contributed by atoms with van der Waals surface area (Å²) in [6, 6.07) is 4.75. The van der Waals surface area contributed by atoms with Crippen LogP contribution in [0.4, 0.5) is 0 Å². The zero-order valence-electron chi connectivity index (χ0n) is 11.8. The van der Waals surface area contributed by atoms with E-state index < -0.39 is 0 Å². The van der Waals surface area contributed by atoms with Gasteiger partial charge in [-0.1, -0.05) is 23.2 Å². The minimum absolute atomic E-state index is 0.159. The molecule has 1 fully saturated rings. The molecule has 114 valence electrons. The lowest BCUT2D eigenvalue weighted by Gasteiger charge is -2.31. The van der Waals surface area contributed by atoms with Gasteiger partial charge in [-0.3, -0.25) is 9.59 Å². The third-order valence-electron chi connectivity index (χ3n) is 3.44. The number of carbonyl (C=O) groups excluding carboxylic acids is 2. The van der Waals surface area contributed by atoms with E-state index in [1.165, 1.54) is 0 Å². The maximum Gasteiger partial charge on any atom is 0.310 e. The van der Waals surface area contributed by atoms with Crippen molar-refractivity contribution in [3.8, 4) is 0 Å². The number of esters is 1. The third kappa shape index (κ3) is 4.11. The van der Waals surface area contributed by atoms with E-state index in [1.54, 1.807) is 30.0 Å². The van der Waals surface area contributed by atoms with Crippen LogP contribution < -0.4 is 0 Å². The molecule has 0 radical (unpaired) electrons. The maximum atomic E-state index is 12.5. The van der Waals surface area contributed by atoms with Crippen LogP contribution in [0.3, 0.4) is 0 Å². The van der Waals surface area contributed by atoms with Crippen molar-refractivity contribution >= 4 is 35.1 Å². The summed E-state index contributed by atoms with van der Waals surface area (Å²) in [6.45, 7) is 3.13. The van der Waals surface area contributed by atoms with Gasteiger partial charge in [-0.2, -0.15) is 0 Å². The van der Waals surface area contributed by atoms with E-state index in [4.69, 9.17) is 27.9 Å². The van der Waals surface area contributed by atoms with Crippen LogP contribution in [0.15, 0.2) is 18.2 Å². The highest BCUT2D eigenvalue weighted by Crippen LogP contribution is 2.23.